The van der Waals surface area contributed by atoms with Crippen molar-refractivity contribution in [3.8, 4) is 5.69 Å². The fourth-order valence-electron chi connectivity index (χ4n) is 2.86. The van der Waals surface area contributed by atoms with Crippen LogP contribution >= 0.6 is 11.3 Å². The van der Waals surface area contributed by atoms with Crippen LogP contribution in [-0.4, -0.2) is 41.1 Å². The maximum atomic E-state index is 14.2. The second kappa shape index (κ2) is 9.34. The highest BCUT2D eigenvalue weighted by Crippen LogP contribution is 2.20. The van der Waals surface area contributed by atoms with E-state index in [4.69, 9.17) is 0 Å². The SMILES string of the molecule is O=C(Nc1cc(-n2cnnn2)ccc1F)c1ccc(S(=O)(=O)NCCc2cccs2)cc1. The summed E-state index contributed by atoms with van der Waals surface area (Å²) >= 11 is 1.56. The van der Waals surface area contributed by atoms with Crippen LogP contribution in [0.5, 0.6) is 0 Å². The Morgan fingerprint density at radius 3 is 2.62 bits per heavy atom. The lowest BCUT2D eigenvalue weighted by Crippen LogP contribution is -2.26. The van der Waals surface area contributed by atoms with Crippen molar-refractivity contribution in [1.82, 2.24) is 24.9 Å². The van der Waals surface area contributed by atoms with Gasteiger partial charge in [-0.05, 0) is 70.8 Å². The number of thiophene rings is 1. The number of hydrogen-bond acceptors (Lipinski definition) is 7. The average Bonchev–Trinajstić information content (AvgIpc) is 3.50. The first-order chi connectivity index (χ1) is 15.4. The van der Waals surface area contributed by atoms with Gasteiger partial charge < -0.3 is 5.32 Å². The number of hydrogen-bond donors (Lipinski definition) is 2. The van der Waals surface area contributed by atoms with Crippen molar-refractivity contribution in [2.75, 3.05) is 11.9 Å². The van der Waals surface area contributed by atoms with E-state index >= 15 is 0 Å². The number of sulfonamides is 1. The van der Waals surface area contributed by atoms with Crippen LogP contribution in [0.25, 0.3) is 5.69 Å². The smallest absolute Gasteiger partial charge is 0.255 e. The van der Waals surface area contributed by atoms with Gasteiger partial charge in [-0.25, -0.2) is 22.2 Å². The summed E-state index contributed by atoms with van der Waals surface area (Å²) in [6.45, 7) is 0.266. The van der Waals surface area contributed by atoms with Gasteiger partial charge in [0.1, 0.15) is 12.1 Å². The third kappa shape index (κ3) is 5.04. The van der Waals surface area contributed by atoms with Crippen molar-refractivity contribution in [3.05, 3.63) is 82.6 Å². The molecule has 4 aromatic rings. The maximum absolute atomic E-state index is 14.2. The monoisotopic (exact) mass is 472 g/mol. The molecule has 164 valence electrons. The number of rotatable bonds is 8. The Labute approximate surface area is 187 Å². The molecule has 4 rings (SSSR count). The zero-order chi connectivity index (χ0) is 22.6. The van der Waals surface area contributed by atoms with Crippen LogP contribution < -0.4 is 10.0 Å². The number of amides is 1. The molecule has 0 saturated heterocycles. The zero-order valence-electron chi connectivity index (χ0n) is 16.5. The van der Waals surface area contributed by atoms with Crippen LogP contribution in [-0.2, 0) is 16.4 Å². The van der Waals surface area contributed by atoms with E-state index in [-0.39, 0.29) is 22.7 Å². The fraction of sp³-hybridized carbons (Fsp3) is 0.100. The van der Waals surface area contributed by atoms with Crippen molar-refractivity contribution in [1.29, 1.82) is 0 Å². The van der Waals surface area contributed by atoms with Crippen LogP contribution in [0.4, 0.5) is 10.1 Å². The predicted octanol–water partition coefficient (Wildman–Crippen LogP) is 2.64. The summed E-state index contributed by atoms with van der Waals surface area (Å²) in [5, 5.41) is 15.2. The van der Waals surface area contributed by atoms with Crippen LogP contribution in [0.2, 0.25) is 0 Å². The zero-order valence-corrected chi connectivity index (χ0v) is 18.1. The largest absolute Gasteiger partial charge is 0.319 e. The molecule has 0 bridgehead atoms. The molecular weight excluding hydrogens is 455 g/mol. The molecule has 0 unspecified atom stereocenters. The number of aromatic nitrogens is 4. The molecule has 0 saturated carbocycles. The van der Waals surface area contributed by atoms with E-state index in [2.05, 4.69) is 25.6 Å². The molecule has 9 nitrogen and oxygen atoms in total. The molecule has 2 N–H and O–H groups in total. The Kier molecular flexibility index (Phi) is 6.35. The van der Waals surface area contributed by atoms with Gasteiger partial charge in [0.25, 0.3) is 5.91 Å². The summed E-state index contributed by atoms with van der Waals surface area (Å²) in [6.07, 6.45) is 1.93. The van der Waals surface area contributed by atoms with Gasteiger partial charge in [-0.1, -0.05) is 6.07 Å². The quantitative estimate of drug-likeness (QED) is 0.407. The number of carbonyl (C=O) groups excluding carboxylic acids is 1. The Balaban J connectivity index is 1.42. The highest BCUT2D eigenvalue weighted by molar-refractivity contribution is 7.89. The molecule has 2 heterocycles. The Bertz CT molecular complexity index is 1310. The molecular formula is C20H17FN6O3S2. The number of anilines is 1. The molecule has 0 radical (unpaired) electrons. The molecule has 0 aliphatic carbocycles. The minimum atomic E-state index is -3.71. The second-order valence-corrected chi connectivity index (χ2v) is 9.42. The van der Waals surface area contributed by atoms with Crippen LogP contribution in [0.3, 0.4) is 0 Å². The normalized spacial score (nSPS) is 11.4. The maximum Gasteiger partial charge on any atom is 0.255 e. The van der Waals surface area contributed by atoms with Gasteiger partial charge in [-0.15, -0.1) is 16.4 Å². The van der Waals surface area contributed by atoms with Crippen LogP contribution in [0.1, 0.15) is 15.2 Å². The number of benzene rings is 2. The summed E-state index contributed by atoms with van der Waals surface area (Å²) in [4.78, 5) is 13.7. The molecule has 0 fully saturated rings. The predicted molar refractivity (Wildman–Crippen MR) is 117 cm³/mol. The van der Waals surface area contributed by atoms with Crippen molar-refractivity contribution in [3.63, 3.8) is 0 Å². The van der Waals surface area contributed by atoms with Gasteiger partial charge in [-0.3, -0.25) is 4.79 Å². The molecule has 2 aromatic carbocycles. The van der Waals surface area contributed by atoms with Crippen LogP contribution in [0, 0.1) is 5.82 Å². The lowest BCUT2D eigenvalue weighted by molar-refractivity contribution is 0.102. The van der Waals surface area contributed by atoms with E-state index < -0.39 is 21.7 Å². The number of nitrogens with zero attached hydrogens (tertiary/aromatic N) is 4. The number of nitrogens with one attached hydrogen (secondary N) is 2. The molecule has 12 heteroatoms. The summed E-state index contributed by atoms with van der Waals surface area (Å²) in [5.74, 6) is -1.23. The second-order valence-electron chi connectivity index (χ2n) is 6.62. The van der Waals surface area contributed by atoms with Crippen LogP contribution in [0.15, 0.2) is 71.2 Å². The first kappa shape index (κ1) is 21.7. The molecule has 2 aromatic heterocycles. The van der Waals surface area contributed by atoms with Crippen molar-refractivity contribution in [2.45, 2.75) is 11.3 Å². The number of tetrazole rings is 1. The van der Waals surface area contributed by atoms with Gasteiger partial charge in [0.2, 0.25) is 10.0 Å². The molecule has 0 atom stereocenters. The van der Waals surface area contributed by atoms with Gasteiger partial charge >= 0.3 is 0 Å². The Hall–Kier alpha value is -3.48. The van der Waals surface area contributed by atoms with Gasteiger partial charge in [0.15, 0.2) is 0 Å². The lowest BCUT2D eigenvalue weighted by Gasteiger charge is -2.10. The fourth-order valence-corrected chi connectivity index (χ4v) is 4.60. The van der Waals surface area contributed by atoms with E-state index in [1.165, 1.54) is 53.5 Å². The molecule has 32 heavy (non-hydrogen) atoms. The number of halogens is 1. The minimum Gasteiger partial charge on any atom is -0.319 e. The van der Waals surface area contributed by atoms with E-state index in [1.54, 1.807) is 11.3 Å². The highest BCUT2D eigenvalue weighted by atomic mass is 32.2. The molecule has 1 amide bonds. The Morgan fingerprint density at radius 1 is 1.12 bits per heavy atom. The Morgan fingerprint density at radius 2 is 1.94 bits per heavy atom. The van der Waals surface area contributed by atoms with E-state index in [9.17, 15) is 17.6 Å². The third-order valence-corrected chi connectivity index (χ3v) is 6.90. The standard InChI is InChI=1S/C20H17FN6O3S2/c21-18-8-5-15(27-13-22-25-26-27)12-19(18)24-20(28)14-3-6-17(7-4-14)32(29,30)23-10-9-16-2-1-11-31-16/h1-8,11-13,23H,9-10H2,(H,24,28). The molecule has 0 spiro atoms. The van der Waals surface area contributed by atoms with E-state index in [0.29, 0.717) is 12.1 Å². The van der Waals surface area contributed by atoms with Crippen molar-refractivity contribution >= 4 is 33.0 Å². The summed E-state index contributed by atoms with van der Waals surface area (Å²) in [5.41, 5.74) is 0.575. The summed E-state index contributed by atoms with van der Waals surface area (Å²) in [7, 11) is -3.71. The first-order valence-corrected chi connectivity index (χ1v) is 11.7. The lowest BCUT2D eigenvalue weighted by atomic mass is 10.2. The molecule has 0 aliphatic heterocycles. The summed E-state index contributed by atoms with van der Waals surface area (Å²) < 4.78 is 42.9. The van der Waals surface area contributed by atoms with Gasteiger partial charge in [0, 0.05) is 17.0 Å². The van der Waals surface area contributed by atoms with Gasteiger partial charge in [-0.2, -0.15) is 0 Å². The summed E-state index contributed by atoms with van der Waals surface area (Å²) in [6, 6.07) is 13.3. The average molecular weight is 473 g/mol. The topological polar surface area (TPSA) is 119 Å². The third-order valence-electron chi connectivity index (χ3n) is 4.48. The number of carbonyl (C=O) groups is 1. The minimum absolute atomic E-state index is 0.0343. The first-order valence-electron chi connectivity index (χ1n) is 9.39. The van der Waals surface area contributed by atoms with Crippen molar-refractivity contribution in [2.24, 2.45) is 0 Å². The van der Waals surface area contributed by atoms with E-state index in [1.807, 2.05) is 17.5 Å². The molecule has 0 aliphatic rings. The highest BCUT2D eigenvalue weighted by Gasteiger charge is 2.16. The van der Waals surface area contributed by atoms with E-state index in [0.717, 1.165) is 4.88 Å². The van der Waals surface area contributed by atoms with Gasteiger partial charge in [0.05, 0.1) is 16.3 Å². The van der Waals surface area contributed by atoms with Crippen molar-refractivity contribution < 1.29 is 17.6 Å².